The van der Waals surface area contributed by atoms with E-state index in [-0.39, 0.29) is 32.2 Å². The smallest absolute Gasteiger partial charge is 0.222 e. The van der Waals surface area contributed by atoms with Crippen LogP contribution in [-0.4, -0.2) is 60.0 Å². The van der Waals surface area contributed by atoms with Crippen LogP contribution < -0.4 is 0 Å². The lowest BCUT2D eigenvalue weighted by Crippen LogP contribution is -2.40. The van der Waals surface area contributed by atoms with Gasteiger partial charge in [-0.2, -0.15) is 0 Å². The highest BCUT2D eigenvalue weighted by Gasteiger charge is 2.17. The first-order valence-electron chi connectivity index (χ1n) is 16.8. The van der Waals surface area contributed by atoms with Crippen molar-refractivity contribution in [2.45, 2.75) is 174 Å². The van der Waals surface area contributed by atoms with Crippen LogP contribution in [0.2, 0.25) is 0 Å². The van der Waals surface area contributed by atoms with Gasteiger partial charge in [0, 0.05) is 26.1 Å². The Hall–Kier alpha value is -0.650. The van der Waals surface area contributed by atoms with Crippen LogP contribution in [0.25, 0.3) is 0 Å². The highest BCUT2D eigenvalue weighted by molar-refractivity contribution is 5.76. The average molecular weight is 542 g/mol. The van der Waals surface area contributed by atoms with Gasteiger partial charge >= 0.3 is 0 Å². The minimum atomic E-state index is -0.694. The summed E-state index contributed by atoms with van der Waals surface area (Å²) in [5, 5.41) is 19.6. The number of rotatable bonds is 31. The van der Waals surface area contributed by atoms with Crippen molar-refractivity contribution in [1.82, 2.24) is 4.90 Å². The second kappa shape index (κ2) is 30.9. The molecule has 2 N–H and O–H groups in total. The fourth-order valence-electron chi connectivity index (χ4n) is 5.11. The Morgan fingerprint density at radius 3 is 1.45 bits per heavy atom. The minimum Gasteiger partial charge on any atom is -0.395 e. The maximum Gasteiger partial charge on any atom is 0.222 e. The lowest BCUT2D eigenvalue weighted by atomic mass is 10.0. The average Bonchev–Trinajstić information content (AvgIpc) is 2.91. The molecule has 1 amide bonds. The quantitative estimate of drug-likeness (QED) is 0.0862. The summed E-state index contributed by atoms with van der Waals surface area (Å²) in [5.74, 6) is 0.0319. The van der Waals surface area contributed by atoms with Crippen LogP contribution in [0.5, 0.6) is 0 Å². The van der Waals surface area contributed by atoms with E-state index in [0.29, 0.717) is 13.0 Å². The monoisotopic (exact) mass is 542 g/mol. The fraction of sp³-hybridized carbons (Fsp3) is 0.970. The number of carbonyl (C=O) groups is 1. The van der Waals surface area contributed by atoms with Crippen molar-refractivity contribution in [3.63, 3.8) is 0 Å². The molecule has 0 saturated carbocycles. The van der Waals surface area contributed by atoms with E-state index in [1.54, 1.807) is 4.90 Å². The molecular weight excluding hydrogens is 474 g/mol. The molecule has 5 nitrogen and oxygen atoms in total. The van der Waals surface area contributed by atoms with Crippen molar-refractivity contribution in [3.05, 3.63) is 0 Å². The Labute approximate surface area is 237 Å². The maximum absolute atomic E-state index is 12.5. The van der Waals surface area contributed by atoms with Crippen LogP contribution in [-0.2, 0) is 9.53 Å². The number of ether oxygens (including phenoxy) is 1. The van der Waals surface area contributed by atoms with Gasteiger partial charge in [0.1, 0.15) is 0 Å². The molecule has 0 aliphatic carbocycles. The highest BCUT2D eigenvalue weighted by Crippen LogP contribution is 2.14. The second-order valence-electron chi connectivity index (χ2n) is 11.5. The lowest BCUT2D eigenvalue weighted by Gasteiger charge is -2.24. The summed E-state index contributed by atoms with van der Waals surface area (Å²) in [5.41, 5.74) is 0. The Kier molecular flexibility index (Phi) is 30.4. The van der Waals surface area contributed by atoms with Gasteiger partial charge in [-0.25, -0.2) is 0 Å². The van der Waals surface area contributed by atoms with Gasteiger partial charge in [-0.15, -0.1) is 0 Å². The van der Waals surface area contributed by atoms with Gasteiger partial charge in [0.15, 0.2) is 0 Å². The van der Waals surface area contributed by atoms with Crippen molar-refractivity contribution in [2.75, 3.05) is 32.9 Å². The summed E-state index contributed by atoms with van der Waals surface area (Å²) in [6, 6.07) is 0. The van der Waals surface area contributed by atoms with Gasteiger partial charge in [0.05, 0.1) is 19.3 Å². The molecule has 5 heteroatoms. The van der Waals surface area contributed by atoms with E-state index in [1.807, 2.05) is 0 Å². The number of aliphatic hydroxyl groups excluding tert-OH is 2. The molecule has 1 unspecified atom stereocenters. The molecule has 0 rings (SSSR count). The Morgan fingerprint density at radius 2 is 1.03 bits per heavy atom. The first-order chi connectivity index (χ1) is 18.7. The lowest BCUT2D eigenvalue weighted by molar-refractivity contribution is -0.134. The zero-order valence-corrected chi connectivity index (χ0v) is 25.7. The fourth-order valence-corrected chi connectivity index (χ4v) is 5.11. The predicted molar refractivity (Wildman–Crippen MR) is 163 cm³/mol. The van der Waals surface area contributed by atoms with Crippen LogP contribution >= 0.6 is 0 Å². The molecule has 38 heavy (non-hydrogen) atoms. The highest BCUT2D eigenvalue weighted by atomic mass is 16.5. The number of hydrogen-bond acceptors (Lipinski definition) is 4. The summed E-state index contributed by atoms with van der Waals surface area (Å²) in [6.45, 7) is 5.88. The third-order valence-electron chi connectivity index (χ3n) is 7.60. The molecule has 228 valence electrons. The van der Waals surface area contributed by atoms with E-state index in [9.17, 15) is 15.0 Å². The zero-order chi connectivity index (χ0) is 27.9. The van der Waals surface area contributed by atoms with Crippen LogP contribution in [0.3, 0.4) is 0 Å². The van der Waals surface area contributed by atoms with E-state index in [0.717, 1.165) is 19.3 Å². The minimum absolute atomic E-state index is 0.0319. The Morgan fingerprint density at radius 1 is 0.632 bits per heavy atom. The topological polar surface area (TPSA) is 70.0 Å². The normalized spacial score (nSPS) is 12.2. The molecule has 0 heterocycles. The van der Waals surface area contributed by atoms with Crippen LogP contribution in [0.4, 0.5) is 0 Å². The van der Waals surface area contributed by atoms with E-state index in [4.69, 9.17) is 4.74 Å². The van der Waals surface area contributed by atoms with Crippen molar-refractivity contribution in [2.24, 2.45) is 0 Å². The molecule has 0 aliphatic heterocycles. The maximum atomic E-state index is 12.5. The molecule has 0 saturated heterocycles. The summed E-state index contributed by atoms with van der Waals surface area (Å²) >= 11 is 0. The van der Waals surface area contributed by atoms with Crippen molar-refractivity contribution >= 4 is 5.91 Å². The largest absolute Gasteiger partial charge is 0.395 e. The molecule has 0 aromatic heterocycles. The zero-order valence-electron chi connectivity index (χ0n) is 25.7. The Balaban J connectivity index is 3.56. The first kappa shape index (κ1) is 37.4. The van der Waals surface area contributed by atoms with Gasteiger partial charge in [-0.05, 0) is 12.8 Å². The number of amides is 1. The molecule has 0 bridgehead atoms. The third-order valence-corrected chi connectivity index (χ3v) is 7.60. The van der Waals surface area contributed by atoms with E-state index in [2.05, 4.69) is 13.8 Å². The van der Waals surface area contributed by atoms with E-state index < -0.39 is 6.10 Å². The summed E-state index contributed by atoms with van der Waals surface area (Å²) in [6.07, 6.45) is 29.7. The number of aliphatic hydroxyl groups is 2. The van der Waals surface area contributed by atoms with Gasteiger partial charge in [-0.1, -0.05) is 149 Å². The number of carbonyl (C=O) groups excluding carboxylic acids is 1. The van der Waals surface area contributed by atoms with Crippen LogP contribution in [0, 0.1) is 0 Å². The summed E-state index contributed by atoms with van der Waals surface area (Å²) in [7, 11) is 0. The molecule has 0 spiro atoms. The molecular formula is C33H67NO4. The molecule has 0 fully saturated rings. The second-order valence-corrected chi connectivity index (χ2v) is 11.5. The molecule has 0 aromatic rings. The first-order valence-corrected chi connectivity index (χ1v) is 16.8. The predicted octanol–water partition coefficient (Wildman–Crippen LogP) is 8.59. The van der Waals surface area contributed by atoms with Crippen molar-refractivity contribution in [3.8, 4) is 0 Å². The van der Waals surface area contributed by atoms with Gasteiger partial charge < -0.3 is 19.8 Å². The molecule has 0 radical (unpaired) electrons. The van der Waals surface area contributed by atoms with Gasteiger partial charge in [0.2, 0.25) is 5.91 Å². The summed E-state index contributed by atoms with van der Waals surface area (Å²) in [4.78, 5) is 14.1. The molecule has 0 aromatic carbocycles. The Bertz CT molecular complexity index is 474. The summed E-state index contributed by atoms with van der Waals surface area (Å²) < 4.78 is 5.67. The van der Waals surface area contributed by atoms with Gasteiger partial charge in [0.25, 0.3) is 0 Å². The van der Waals surface area contributed by atoms with Crippen molar-refractivity contribution in [1.29, 1.82) is 0 Å². The van der Waals surface area contributed by atoms with E-state index >= 15 is 0 Å². The SMILES string of the molecule is CCCCCCCCCCCCCCCCCCOCC(O)CN(CCO)C(=O)CCCCCCCCC. The van der Waals surface area contributed by atoms with Crippen LogP contribution in [0.1, 0.15) is 168 Å². The number of hydrogen-bond donors (Lipinski definition) is 2. The number of unbranched alkanes of at least 4 members (excludes halogenated alkanes) is 21. The van der Waals surface area contributed by atoms with Crippen LogP contribution in [0.15, 0.2) is 0 Å². The standard InChI is InChI=1S/C33H67NO4/c1-3-5-7-9-11-12-13-14-15-16-17-18-19-21-23-25-29-38-31-32(36)30-34(27-28-35)33(37)26-24-22-20-10-8-6-4-2/h32,35-36H,3-31H2,1-2H3. The molecule has 0 aliphatic rings. The van der Waals surface area contributed by atoms with Crippen molar-refractivity contribution < 1.29 is 19.7 Å². The third kappa shape index (κ3) is 26.9. The van der Waals surface area contributed by atoms with E-state index in [1.165, 1.54) is 128 Å². The molecule has 1 atom stereocenters. The number of nitrogens with zero attached hydrogens (tertiary/aromatic N) is 1. The van der Waals surface area contributed by atoms with Gasteiger partial charge in [-0.3, -0.25) is 4.79 Å².